The van der Waals surface area contributed by atoms with Crippen LogP contribution in [0.5, 0.6) is 0 Å². The molecule has 1 atom stereocenters. The molecule has 62 valence electrons. The van der Waals surface area contributed by atoms with Gasteiger partial charge in [0.25, 0.3) is 0 Å². The molecule has 6 heteroatoms. The summed E-state index contributed by atoms with van der Waals surface area (Å²) < 4.78 is 0. The Morgan fingerprint density at radius 2 is 1.91 bits per heavy atom. The Morgan fingerprint density at radius 3 is 2.18 bits per heavy atom. The molecule has 11 heavy (non-hydrogen) atoms. The Bertz CT molecular complexity index is 157. The monoisotopic (exact) mass is 287 g/mol. The third-order valence-electron chi connectivity index (χ3n) is 0.986. The van der Waals surface area contributed by atoms with E-state index in [1.807, 2.05) is 0 Å². The molecule has 0 aliphatic rings. The third-order valence-corrected chi connectivity index (χ3v) is 0.986. The van der Waals surface area contributed by atoms with Crippen LogP contribution < -0.4 is 5.73 Å². The fraction of sp³-hybridized carbons (Fsp3) is 0.600. The quantitative estimate of drug-likeness (QED) is 0.582. The summed E-state index contributed by atoms with van der Waals surface area (Å²) in [7, 11) is 0. The van der Waals surface area contributed by atoms with Gasteiger partial charge in [0, 0.05) is 6.42 Å². The van der Waals surface area contributed by atoms with Crippen molar-refractivity contribution in [1.82, 2.24) is 0 Å². The Morgan fingerprint density at radius 1 is 1.45 bits per heavy atom. The van der Waals surface area contributed by atoms with E-state index in [-0.39, 0.29) is 64.6 Å². The standard InChI is InChI=1S/C5H9NO4.Ba.2H/c6-3(5(9)10)1-2-4(7)8;;;/h3H,1-2,6H2,(H,7,8)(H,9,10);;;/q;+2;2*-1/t3-;;;/m1.../s1. The van der Waals surface area contributed by atoms with Crippen LogP contribution in [0.4, 0.5) is 0 Å². The molecule has 0 aromatic carbocycles. The van der Waals surface area contributed by atoms with Gasteiger partial charge in [-0.15, -0.1) is 0 Å². The normalized spacial score (nSPS) is 11.4. The molecular formula is C5H11BaNO4. The fourth-order valence-electron chi connectivity index (χ4n) is 0.402. The third kappa shape index (κ3) is 8.38. The van der Waals surface area contributed by atoms with Gasteiger partial charge in [0.2, 0.25) is 0 Å². The molecule has 0 amide bonds. The van der Waals surface area contributed by atoms with Crippen molar-refractivity contribution >= 4 is 60.8 Å². The average Bonchev–Trinajstić information content (AvgIpc) is 1.82. The molecule has 0 spiro atoms. The number of carboxylic acids is 2. The smallest absolute Gasteiger partial charge is 1.00 e. The van der Waals surface area contributed by atoms with Gasteiger partial charge in [-0.3, -0.25) is 9.59 Å². The average molecular weight is 286 g/mol. The molecule has 0 fully saturated rings. The largest absolute Gasteiger partial charge is 2.00 e. The Kier molecular flexibility index (Phi) is 9.10. The zero-order valence-electron chi connectivity index (χ0n) is 7.99. The van der Waals surface area contributed by atoms with E-state index in [9.17, 15) is 9.59 Å². The van der Waals surface area contributed by atoms with Crippen molar-refractivity contribution in [3.63, 3.8) is 0 Å². The number of hydrogen-bond acceptors (Lipinski definition) is 3. The minimum Gasteiger partial charge on any atom is -1.00 e. The molecule has 0 saturated heterocycles. The zero-order valence-corrected chi connectivity index (χ0v) is 10.4. The van der Waals surface area contributed by atoms with Crippen molar-refractivity contribution in [2.75, 3.05) is 0 Å². The predicted molar refractivity (Wildman–Crippen MR) is 40.5 cm³/mol. The molecular weight excluding hydrogens is 275 g/mol. The van der Waals surface area contributed by atoms with Crippen LogP contribution in [0.3, 0.4) is 0 Å². The van der Waals surface area contributed by atoms with Gasteiger partial charge >= 0.3 is 60.8 Å². The topological polar surface area (TPSA) is 101 Å². The van der Waals surface area contributed by atoms with E-state index in [1.54, 1.807) is 0 Å². The van der Waals surface area contributed by atoms with Crippen LogP contribution in [-0.2, 0) is 9.59 Å². The molecule has 0 rings (SSSR count). The number of rotatable bonds is 4. The second kappa shape index (κ2) is 7.14. The maximum Gasteiger partial charge on any atom is 2.00 e. The van der Waals surface area contributed by atoms with Gasteiger partial charge in [-0.05, 0) is 6.42 Å². The molecule has 0 bridgehead atoms. The summed E-state index contributed by atoms with van der Waals surface area (Å²) >= 11 is 0. The first-order valence-corrected chi connectivity index (χ1v) is 2.74. The van der Waals surface area contributed by atoms with Crippen LogP contribution in [0, 0.1) is 0 Å². The number of hydrogen-bond donors (Lipinski definition) is 3. The molecule has 0 aromatic rings. The summed E-state index contributed by atoms with van der Waals surface area (Å²) in [5.74, 6) is -2.20. The Hall–Kier alpha value is 0.471. The van der Waals surface area contributed by atoms with E-state index in [4.69, 9.17) is 15.9 Å². The van der Waals surface area contributed by atoms with Crippen molar-refractivity contribution in [3.8, 4) is 0 Å². The molecule has 0 saturated carbocycles. The molecule has 5 nitrogen and oxygen atoms in total. The summed E-state index contributed by atoms with van der Waals surface area (Å²) in [6, 6.07) is -1.06. The van der Waals surface area contributed by atoms with E-state index >= 15 is 0 Å². The van der Waals surface area contributed by atoms with Gasteiger partial charge in [0.1, 0.15) is 6.04 Å². The van der Waals surface area contributed by atoms with Crippen LogP contribution >= 0.6 is 0 Å². The Labute approximate surface area is 107 Å². The number of carboxylic acid groups (broad SMARTS) is 2. The van der Waals surface area contributed by atoms with Gasteiger partial charge in [0.15, 0.2) is 0 Å². The van der Waals surface area contributed by atoms with Crippen molar-refractivity contribution in [1.29, 1.82) is 0 Å². The van der Waals surface area contributed by atoms with Crippen molar-refractivity contribution in [2.24, 2.45) is 5.73 Å². The van der Waals surface area contributed by atoms with Crippen molar-refractivity contribution in [3.05, 3.63) is 0 Å². The molecule has 0 heterocycles. The number of carbonyl (C=O) groups is 2. The van der Waals surface area contributed by atoms with Crippen LogP contribution in [-0.4, -0.2) is 77.1 Å². The van der Waals surface area contributed by atoms with E-state index in [2.05, 4.69) is 0 Å². The zero-order chi connectivity index (χ0) is 8.15. The summed E-state index contributed by atoms with van der Waals surface area (Å²) in [4.78, 5) is 19.9. The fourth-order valence-corrected chi connectivity index (χ4v) is 0.402. The van der Waals surface area contributed by atoms with Gasteiger partial charge < -0.3 is 18.8 Å². The van der Waals surface area contributed by atoms with Crippen LogP contribution in [0.15, 0.2) is 0 Å². The van der Waals surface area contributed by atoms with Gasteiger partial charge in [0.05, 0.1) is 0 Å². The van der Waals surface area contributed by atoms with E-state index in [0.29, 0.717) is 0 Å². The minimum atomic E-state index is -1.17. The van der Waals surface area contributed by atoms with Gasteiger partial charge in [-0.25, -0.2) is 0 Å². The molecule has 0 unspecified atom stereocenters. The first-order valence-electron chi connectivity index (χ1n) is 2.74. The molecule has 4 N–H and O–H groups in total. The summed E-state index contributed by atoms with van der Waals surface area (Å²) in [5, 5.41) is 16.3. The van der Waals surface area contributed by atoms with E-state index in [0.717, 1.165) is 0 Å². The number of aliphatic carboxylic acids is 2. The maximum atomic E-state index is 9.99. The van der Waals surface area contributed by atoms with Crippen LogP contribution in [0.2, 0.25) is 0 Å². The van der Waals surface area contributed by atoms with Gasteiger partial charge in [-0.2, -0.15) is 0 Å². The maximum absolute atomic E-state index is 9.99. The molecule has 0 aromatic heterocycles. The summed E-state index contributed by atoms with van der Waals surface area (Å²) in [6.07, 6.45) is -0.224. The second-order valence-corrected chi connectivity index (χ2v) is 1.88. The number of nitrogens with two attached hydrogens (primary N) is 1. The molecule has 0 aliphatic heterocycles. The van der Waals surface area contributed by atoms with Crippen LogP contribution in [0.1, 0.15) is 15.7 Å². The summed E-state index contributed by atoms with van der Waals surface area (Å²) in [5.41, 5.74) is 5.00. The molecule has 0 radical (unpaired) electrons. The predicted octanol–water partition coefficient (Wildman–Crippen LogP) is -0.893. The minimum absolute atomic E-state index is 0. The summed E-state index contributed by atoms with van der Waals surface area (Å²) in [6.45, 7) is 0. The second-order valence-electron chi connectivity index (χ2n) is 1.88. The first-order chi connectivity index (χ1) is 4.54. The SMILES string of the molecule is N[C@H](CCC(=O)O)C(=O)O.[Ba+2].[H-].[H-]. The van der Waals surface area contributed by atoms with E-state index in [1.165, 1.54) is 0 Å². The van der Waals surface area contributed by atoms with Crippen molar-refractivity contribution in [2.45, 2.75) is 18.9 Å². The van der Waals surface area contributed by atoms with Gasteiger partial charge in [-0.1, -0.05) is 0 Å². The molecule has 0 aliphatic carbocycles. The van der Waals surface area contributed by atoms with Crippen LogP contribution in [0.25, 0.3) is 0 Å². The van der Waals surface area contributed by atoms with Crippen molar-refractivity contribution < 1.29 is 22.7 Å². The Balaban J connectivity index is -0.000000135. The van der Waals surface area contributed by atoms with E-state index < -0.39 is 18.0 Å². The first kappa shape index (κ1) is 14.0.